The van der Waals surface area contributed by atoms with Crippen molar-refractivity contribution >= 4 is 21.6 Å². The molecule has 0 aliphatic carbocycles. The monoisotopic (exact) mass is 306 g/mol. The van der Waals surface area contributed by atoms with E-state index in [1.165, 1.54) is 42.7 Å². The van der Waals surface area contributed by atoms with E-state index in [1.54, 1.807) is 0 Å². The molecule has 1 heterocycles. The van der Waals surface area contributed by atoms with Crippen LogP contribution in [0.5, 0.6) is 0 Å². The van der Waals surface area contributed by atoms with E-state index in [1.807, 2.05) is 0 Å². The highest BCUT2D eigenvalue weighted by Gasteiger charge is 2.14. The molecule has 2 aromatic rings. The molecule has 1 aromatic heterocycles. The molecule has 0 aliphatic rings. The van der Waals surface area contributed by atoms with E-state index in [0.29, 0.717) is 11.3 Å². The lowest BCUT2D eigenvalue weighted by Crippen LogP contribution is -2.23. The van der Waals surface area contributed by atoms with Gasteiger partial charge in [0.05, 0.1) is 16.8 Å². The van der Waals surface area contributed by atoms with E-state index in [4.69, 9.17) is 0 Å². The Kier molecular flexibility index (Phi) is 4.51. The SMILES string of the molecule is C=CCNS(=O)(=O)c1ccc(C(=O)Nc2cn[nH]c2)cc1. The molecule has 0 radical (unpaired) electrons. The number of rotatable bonds is 6. The summed E-state index contributed by atoms with van der Waals surface area (Å²) >= 11 is 0. The zero-order chi connectivity index (χ0) is 15.3. The van der Waals surface area contributed by atoms with Gasteiger partial charge >= 0.3 is 0 Å². The molecule has 0 spiro atoms. The highest BCUT2D eigenvalue weighted by Crippen LogP contribution is 2.12. The van der Waals surface area contributed by atoms with Gasteiger partial charge in [0.25, 0.3) is 5.91 Å². The highest BCUT2D eigenvalue weighted by molar-refractivity contribution is 7.89. The Bertz CT molecular complexity index is 721. The van der Waals surface area contributed by atoms with Crippen LogP contribution in [0.1, 0.15) is 10.4 Å². The van der Waals surface area contributed by atoms with E-state index in [-0.39, 0.29) is 17.3 Å². The molecule has 0 saturated carbocycles. The third-order valence-corrected chi connectivity index (χ3v) is 4.04. The van der Waals surface area contributed by atoms with Crippen molar-refractivity contribution in [2.45, 2.75) is 4.90 Å². The van der Waals surface area contributed by atoms with Crippen LogP contribution in [0.3, 0.4) is 0 Å². The zero-order valence-corrected chi connectivity index (χ0v) is 11.9. The number of benzene rings is 1. The van der Waals surface area contributed by atoms with Gasteiger partial charge in [-0.15, -0.1) is 6.58 Å². The van der Waals surface area contributed by atoms with Crippen molar-refractivity contribution in [3.63, 3.8) is 0 Å². The second-order valence-electron chi connectivity index (χ2n) is 4.11. The van der Waals surface area contributed by atoms with E-state index >= 15 is 0 Å². The minimum absolute atomic E-state index is 0.0872. The number of hydrogen-bond donors (Lipinski definition) is 3. The Morgan fingerprint density at radius 1 is 1.33 bits per heavy atom. The van der Waals surface area contributed by atoms with Crippen molar-refractivity contribution in [2.75, 3.05) is 11.9 Å². The molecule has 0 saturated heterocycles. The van der Waals surface area contributed by atoms with Gasteiger partial charge < -0.3 is 5.32 Å². The molecular weight excluding hydrogens is 292 g/mol. The molecule has 21 heavy (non-hydrogen) atoms. The number of nitrogens with zero attached hydrogens (tertiary/aromatic N) is 1. The molecule has 110 valence electrons. The summed E-state index contributed by atoms with van der Waals surface area (Å²) < 4.78 is 26.1. The number of sulfonamides is 1. The molecule has 2 rings (SSSR count). The number of hydrogen-bond acceptors (Lipinski definition) is 4. The summed E-state index contributed by atoms with van der Waals surface area (Å²) in [7, 11) is -3.58. The molecule has 0 fully saturated rings. The number of carbonyl (C=O) groups is 1. The third-order valence-electron chi connectivity index (χ3n) is 2.60. The maximum absolute atomic E-state index is 11.9. The van der Waals surface area contributed by atoms with E-state index in [9.17, 15) is 13.2 Å². The molecule has 8 heteroatoms. The quantitative estimate of drug-likeness (QED) is 0.696. The average molecular weight is 306 g/mol. The van der Waals surface area contributed by atoms with E-state index < -0.39 is 10.0 Å². The van der Waals surface area contributed by atoms with Crippen molar-refractivity contribution in [2.24, 2.45) is 0 Å². The third kappa shape index (κ3) is 3.77. The molecule has 3 N–H and O–H groups in total. The number of anilines is 1. The first-order valence-electron chi connectivity index (χ1n) is 6.03. The van der Waals surface area contributed by atoms with Crippen molar-refractivity contribution < 1.29 is 13.2 Å². The standard InChI is InChI=1S/C13H14N4O3S/c1-2-7-16-21(19,20)12-5-3-10(4-6-12)13(18)17-11-8-14-15-9-11/h2-6,8-9,16H,1,7H2,(H,14,15)(H,17,18). The average Bonchev–Trinajstić information content (AvgIpc) is 2.98. The van der Waals surface area contributed by atoms with Crippen LogP contribution in [-0.4, -0.2) is 31.1 Å². The minimum Gasteiger partial charge on any atom is -0.319 e. The predicted octanol–water partition coefficient (Wildman–Crippen LogP) is 1.13. The van der Waals surface area contributed by atoms with Crippen molar-refractivity contribution in [3.8, 4) is 0 Å². The van der Waals surface area contributed by atoms with Crippen LogP contribution in [0.25, 0.3) is 0 Å². The molecule has 7 nitrogen and oxygen atoms in total. The Hall–Kier alpha value is -2.45. The Balaban J connectivity index is 2.11. The van der Waals surface area contributed by atoms with Crippen molar-refractivity contribution in [1.29, 1.82) is 0 Å². The van der Waals surface area contributed by atoms with Gasteiger partial charge in [0, 0.05) is 18.3 Å². The summed E-state index contributed by atoms with van der Waals surface area (Å²) in [6, 6.07) is 5.63. The largest absolute Gasteiger partial charge is 0.319 e. The summed E-state index contributed by atoms with van der Waals surface area (Å²) in [4.78, 5) is 12.0. The highest BCUT2D eigenvalue weighted by atomic mass is 32.2. The smallest absolute Gasteiger partial charge is 0.255 e. The molecular formula is C13H14N4O3S. The number of amides is 1. The lowest BCUT2D eigenvalue weighted by molar-refractivity contribution is 0.102. The van der Waals surface area contributed by atoms with Crippen LogP contribution in [0, 0.1) is 0 Å². The van der Waals surface area contributed by atoms with Crippen LogP contribution >= 0.6 is 0 Å². The van der Waals surface area contributed by atoms with Crippen molar-refractivity contribution in [1.82, 2.24) is 14.9 Å². The van der Waals surface area contributed by atoms with Gasteiger partial charge in [-0.1, -0.05) is 6.08 Å². The minimum atomic E-state index is -3.58. The maximum atomic E-state index is 11.9. The van der Waals surface area contributed by atoms with E-state index in [2.05, 4.69) is 26.8 Å². The Morgan fingerprint density at radius 3 is 2.62 bits per heavy atom. The van der Waals surface area contributed by atoms with Gasteiger partial charge in [-0.3, -0.25) is 9.89 Å². The Labute approximate surface area is 122 Å². The fourth-order valence-corrected chi connectivity index (χ4v) is 2.56. The summed E-state index contributed by atoms with van der Waals surface area (Å²) in [5.41, 5.74) is 0.878. The molecule has 0 unspecified atom stereocenters. The molecule has 1 aromatic carbocycles. The van der Waals surface area contributed by atoms with Crippen LogP contribution in [0.15, 0.2) is 54.2 Å². The summed E-state index contributed by atoms with van der Waals surface area (Å²) in [5.74, 6) is -0.348. The molecule has 1 amide bonds. The van der Waals surface area contributed by atoms with Gasteiger partial charge in [0.15, 0.2) is 0 Å². The maximum Gasteiger partial charge on any atom is 0.255 e. The van der Waals surface area contributed by atoms with Gasteiger partial charge in [-0.2, -0.15) is 5.10 Å². The molecule has 0 aliphatic heterocycles. The zero-order valence-electron chi connectivity index (χ0n) is 11.0. The first kappa shape index (κ1) is 14.9. The summed E-state index contributed by atoms with van der Waals surface area (Å²) in [6.45, 7) is 3.59. The first-order valence-corrected chi connectivity index (χ1v) is 7.52. The van der Waals surface area contributed by atoms with Crippen molar-refractivity contribution in [3.05, 3.63) is 54.9 Å². The molecule has 0 bridgehead atoms. The first-order chi connectivity index (χ1) is 10.0. The normalized spacial score (nSPS) is 11.0. The summed E-state index contributed by atoms with van der Waals surface area (Å²) in [5, 5.41) is 8.90. The van der Waals surface area contributed by atoms with Gasteiger partial charge in [0.1, 0.15) is 0 Å². The van der Waals surface area contributed by atoms with Crippen LogP contribution in [0.4, 0.5) is 5.69 Å². The van der Waals surface area contributed by atoms with Gasteiger partial charge in [-0.25, -0.2) is 13.1 Å². The predicted molar refractivity (Wildman–Crippen MR) is 78.4 cm³/mol. The lowest BCUT2D eigenvalue weighted by Gasteiger charge is -2.06. The van der Waals surface area contributed by atoms with Gasteiger partial charge in [-0.05, 0) is 24.3 Å². The number of aromatic nitrogens is 2. The number of aromatic amines is 1. The second-order valence-corrected chi connectivity index (χ2v) is 5.87. The number of nitrogens with one attached hydrogen (secondary N) is 3. The lowest BCUT2D eigenvalue weighted by atomic mass is 10.2. The number of carbonyl (C=O) groups excluding carboxylic acids is 1. The topological polar surface area (TPSA) is 104 Å². The fourth-order valence-electron chi connectivity index (χ4n) is 1.56. The second kappa shape index (κ2) is 6.33. The Morgan fingerprint density at radius 2 is 2.05 bits per heavy atom. The van der Waals surface area contributed by atoms with Crippen LogP contribution in [0.2, 0.25) is 0 Å². The molecule has 0 atom stereocenters. The van der Waals surface area contributed by atoms with Gasteiger partial charge in [0.2, 0.25) is 10.0 Å². The number of H-pyrrole nitrogens is 1. The summed E-state index contributed by atoms with van der Waals surface area (Å²) in [6.07, 6.45) is 4.45. The van der Waals surface area contributed by atoms with E-state index in [0.717, 1.165) is 0 Å². The fraction of sp³-hybridized carbons (Fsp3) is 0.0769. The van der Waals surface area contributed by atoms with Crippen LogP contribution < -0.4 is 10.0 Å². The van der Waals surface area contributed by atoms with Crippen LogP contribution in [-0.2, 0) is 10.0 Å².